The van der Waals surface area contributed by atoms with Crippen LogP contribution >= 0.6 is 0 Å². The van der Waals surface area contributed by atoms with Crippen LogP contribution in [0.5, 0.6) is 0 Å². The van der Waals surface area contributed by atoms with E-state index in [4.69, 9.17) is 4.98 Å². The van der Waals surface area contributed by atoms with Gasteiger partial charge in [0.25, 0.3) is 5.56 Å². The van der Waals surface area contributed by atoms with E-state index in [0.717, 1.165) is 18.4 Å². The number of hydrogen-bond acceptors (Lipinski definition) is 4. The molecule has 1 N–H and O–H groups in total. The number of aryl methyl sites for hydroxylation is 1. The number of aromatic nitrogens is 4. The lowest BCUT2D eigenvalue weighted by atomic mass is 10.2. The van der Waals surface area contributed by atoms with E-state index in [1.165, 1.54) is 17.4 Å². The number of nitrogens with zero attached hydrogens (tertiary/aromatic N) is 4. The van der Waals surface area contributed by atoms with Gasteiger partial charge in [-0.15, -0.1) is 0 Å². The lowest BCUT2D eigenvalue weighted by Crippen LogP contribution is -2.40. The van der Waals surface area contributed by atoms with Crippen molar-refractivity contribution < 1.29 is 0 Å². The molecule has 0 saturated heterocycles. The summed E-state index contributed by atoms with van der Waals surface area (Å²) in [7, 11) is 0. The molecule has 0 bridgehead atoms. The molecule has 1 saturated carbocycles. The molecule has 2 aromatic heterocycles. The molecule has 1 aromatic carbocycles. The van der Waals surface area contributed by atoms with Crippen molar-refractivity contribution in [2.24, 2.45) is 0 Å². The van der Waals surface area contributed by atoms with Crippen LogP contribution in [-0.2, 0) is 19.6 Å². The summed E-state index contributed by atoms with van der Waals surface area (Å²) >= 11 is 0. The van der Waals surface area contributed by atoms with E-state index >= 15 is 0 Å². The van der Waals surface area contributed by atoms with Gasteiger partial charge in [0.15, 0.2) is 11.2 Å². The van der Waals surface area contributed by atoms with Crippen molar-refractivity contribution in [1.82, 2.24) is 18.7 Å². The first kappa shape index (κ1) is 18.5. The number of fused-ring (bicyclic) bond motifs is 1. The summed E-state index contributed by atoms with van der Waals surface area (Å²) in [6.07, 6.45) is 4.63. The second-order valence-corrected chi connectivity index (χ2v) is 7.38. The summed E-state index contributed by atoms with van der Waals surface area (Å²) in [5, 5.41) is 3.54. The largest absolute Gasteiger partial charge is 0.353 e. The summed E-state index contributed by atoms with van der Waals surface area (Å²) in [5.41, 5.74) is 1.49. The second kappa shape index (κ2) is 7.66. The maximum absolute atomic E-state index is 13.2. The molecule has 1 fully saturated rings. The Balaban J connectivity index is 1.95. The van der Waals surface area contributed by atoms with E-state index in [-0.39, 0.29) is 11.2 Å². The number of hydrogen-bond donors (Lipinski definition) is 1. The number of rotatable bonds is 6. The minimum Gasteiger partial charge on any atom is -0.353 e. The number of imidazole rings is 1. The highest BCUT2D eigenvalue weighted by atomic mass is 16.2. The smallest absolute Gasteiger partial charge is 0.332 e. The standard InChI is InChI=1S/C21H27N5O2/c1-3-24-18-17(19(27)25(4-2)21(24)28)26(14-15-10-6-5-7-11-15)20(23-18)22-16-12-8-9-13-16/h5-7,10-11,16H,3-4,8-9,12-14H2,1-2H3,(H,22,23). The molecule has 1 aliphatic carbocycles. The van der Waals surface area contributed by atoms with Crippen LogP contribution in [0, 0.1) is 0 Å². The molecule has 1 aliphatic rings. The lowest BCUT2D eigenvalue weighted by Gasteiger charge is -2.15. The molecule has 0 amide bonds. The molecule has 28 heavy (non-hydrogen) atoms. The summed E-state index contributed by atoms with van der Waals surface area (Å²) in [6.45, 7) is 5.08. The molecule has 0 atom stereocenters. The third-order valence-electron chi connectivity index (χ3n) is 5.62. The molecule has 0 radical (unpaired) electrons. The Morgan fingerprint density at radius 2 is 1.68 bits per heavy atom. The van der Waals surface area contributed by atoms with Gasteiger partial charge in [0.05, 0.1) is 6.54 Å². The number of benzene rings is 1. The van der Waals surface area contributed by atoms with E-state index in [1.807, 2.05) is 48.7 Å². The van der Waals surface area contributed by atoms with Gasteiger partial charge in [-0.3, -0.25) is 18.5 Å². The van der Waals surface area contributed by atoms with Gasteiger partial charge < -0.3 is 5.32 Å². The average Bonchev–Trinajstić information content (AvgIpc) is 3.32. The molecule has 148 valence electrons. The summed E-state index contributed by atoms with van der Waals surface area (Å²) in [6, 6.07) is 10.4. The summed E-state index contributed by atoms with van der Waals surface area (Å²) in [4.78, 5) is 30.7. The van der Waals surface area contributed by atoms with Crippen molar-refractivity contribution in [2.75, 3.05) is 5.32 Å². The van der Waals surface area contributed by atoms with Crippen LogP contribution in [0.25, 0.3) is 11.2 Å². The quantitative estimate of drug-likeness (QED) is 0.713. The Labute approximate surface area is 163 Å². The average molecular weight is 381 g/mol. The second-order valence-electron chi connectivity index (χ2n) is 7.38. The first-order valence-electron chi connectivity index (χ1n) is 10.2. The van der Waals surface area contributed by atoms with E-state index < -0.39 is 0 Å². The fourth-order valence-electron chi connectivity index (χ4n) is 4.14. The first-order chi connectivity index (χ1) is 13.6. The van der Waals surface area contributed by atoms with E-state index in [0.29, 0.717) is 42.8 Å². The molecule has 7 nitrogen and oxygen atoms in total. The van der Waals surface area contributed by atoms with Crippen LogP contribution in [0.3, 0.4) is 0 Å². The van der Waals surface area contributed by atoms with Gasteiger partial charge in [-0.05, 0) is 32.3 Å². The molecule has 4 rings (SSSR count). The van der Waals surface area contributed by atoms with Gasteiger partial charge in [-0.2, -0.15) is 4.98 Å². The Hall–Kier alpha value is -2.83. The third kappa shape index (κ3) is 3.15. The van der Waals surface area contributed by atoms with Gasteiger partial charge in [-0.1, -0.05) is 43.2 Å². The monoisotopic (exact) mass is 381 g/mol. The van der Waals surface area contributed by atoms with Gasteiger partial charge in [-0.25, -0.2) is 4.79 Å². The van der Waals surface area contributed by atoms with Gasteiger partial charge >= 0.3 is 5.69 Å². The lowest BCUT2D eigenvalue weighted by molar-refractivity contribution is 0.603. The molecule has 3 aromatic rings. The highest BCUT2D eigenvalue weighted by molar-refractivity contribution is 5.74. The molecular formula is C21H27N5O2. The molecule has 0 unspecified atom stereocenters. The maximum atomic E-state index is 13.2. The minimum absolute atomic E-state index is 0.268. The summed E-state index contributed by atoms with van der Waals surface area (Å²) in [5.74, 6) is 0.679. The maximum Gasteiger partial charge on any atom is 0.332 e. The van der Waals surface area contributed by atoms with Crippen LogP contribution in [0.2, 0.25) is 0 Å². The number of nitrogens with one attached hydrogen (secondary N) is 1. The van der Waals surface area contributed by atoms with Crippen LogP contribution < -0.4 is 16.6 Å². The zero-order chi connectivity index (χ0) is 19.7. The first-order valence-corrected chi connectivity index (χ1v) is 10.2. The van der Waals surface area contributed by atoms with Crippen molar-refractivity contribution in [1.29, 1.82) is 0 Å². The van der Waals surface area contributed by atoms with Crippen LogP contribution in [0.15, 0.2) is 39.9 Å². The molecule has 7 heteroatoms. The van der Waals surface area contributed by atoms with E-state index in [1.54, 1.807) is 4.57 Å². The predicted molar refractivity (Wildman–Crippen MR) is 111 cm³/mol. The Morgan fingerprint density at radius 1 is 1.00 bits per heavy atom. The van der Waals surface area contributed by atoms with Crippen molar-refractivity contribution in [3.63, 3.8) is 0 Å². The van der Waals surface area contributed by atoms with Gasteiger partial charge in [0, 0.05) is 19.1 Å². The Morgan fingerprint density at radius 3 is 2.32 bits per heavy atom. The van der Waals surface area contributed by atoms with Crippen LogP contribution in [0.4, 0.5) is 5.95 Å². The molecule has 0 aliphatic heterocycles. The van der Waals surface area contributed by atoms with Gasteiger partial charge in [0.1, 0.15) is 0 Å². The fourth-order valence-corrected chi connectivity index (χ4v) is 4.14. The van der Waals surface area contributed by atoms with Gasteiger partial charge in [0.2, 0.25) is 5.95 Å². The van der Waals surface area contributed by atoms with Crippen LogP contribution in [0.1, 0.15) is 45.1 Å². The fraction of sp³-hybridized carbons (Fsp3) is 0.476. The molecule has 0 spiro atoms. The van der Waals surface area contributed by atoms with Crippen molar-refractivity contribution in [3.05, 3.63) is 56.7 Å². The van der Waals surface area contributed by atoms with Crippen molar-refractivity contribution in [3.8, 4) is 0 Å². The molecule has 2 heterocycles. The highest BCUT2D eigenvalue weighted by Gasteiger charge is 2.23. The minimum atomic E-state index is -0.292. The highest BCUT2D eigenvalue weighted by Crippen LogP contribution is 2.24. The Kier molecular flexibility index (Phi) is 5.07. The predicted octanol–water partition coefficient (Wildman–Crippen LogP) is 2.80. The normalized spacial score (nSPS) is 14.8. The Bertz CT molecular complexity index is 1090. The topological polar surface area (TPSA) is 73.8 Å². The molecular weight excluding hydrogens is 354 g/mol. The SMILES string of the molecule is CCn1c(=O)c2c(nc(NC3CCCC3)n2Cc2ccccc2)n(CC)c1=O. The van der Waals surface area contributed by atoms with Crippen molar-refractivity contribution in [2.45, 2.75) is 65.2 Å². The number of anilines is 1. The zero-order valence-electron chi connectivity index (χ0n) is 16.5. The van der Waals surface area contributed by atoms with Crippen molar-refractivity contribution >= 4 is 17.1 Å². The van der Waals surface area contributed by atoms with E-state index in [9.17, 15) is 9.59 Å². The zero-order valence-corrected chi connectivity index (χ0v) is 16.5. The summed E-state index contributed by atoms with van der Waals surface area (Å²) < 4.78 is 4.85. The van der Waals surface area contributed by atoms with Crippen LogP contribution in [-0.4, -0.2) is 24.7 Å². The van der Waals surface area contributed by atoms with E-state index in [2.05, 4.69) is 5.32 Å². The third-order valence-corrected chi connectivity index (χ3v) is 5.62.